The zero-order valence-electron chi connectivity index (χ0n) is 17.6. The quantitative estimate of drug-likeness (QED) is 0.134. The maximum Gasteiger partial charge on any atom is 0.266 e. The standard InChI is InChI=1S/C25H20BrIN2O4/c1-2-32-23-13-16(11-18(14-28)25(31)29-19-7-9-20(30)10-8-19)12-22(27)24(23)33-15-17-5-3-4-6-21(17)26/h3-13,30H,2,15H2,1H3,(H,29,31)/b18-11+. The highest BCUT2D eigenvalue weighted by Crippen LogP contribution is 2.36. The Balaban J connectivity index is 1.85. The van der Waals surface area contributed by atoms with Gasteiger partial charge in [-0.3, -0.25) is 4.79 Å². The number of rotatable bonds is 8. The third-order valence-electron chi connectivity index (χ3n) is 4.46. The van der Waals surface area contributed by atoms with Crippen LogP contribution in [0.5, 0.6) is 17.2 Å². The number of phenols is 1. The first-order valence-electron chi connectivity index (χ1n) is 9.96. The number of anilines is 1. The summed E-state index contributed by atoms with van der Waals surface area (Å²) < 4.78 is 13.6. The fourth-order valence-corrected chi connectivity index (χ4v) is 4.08. The van der Waals surface area contributed by atoms with Gasteiger partial charge in [0.25, 0.3) is 5.91 Å². The van der Waals surface area contributed by atoms with Crippen LogP contribution in [0.3, 0.4) is 0 Å². The van der Waals surface area contributed by atoms with Gasteiger partial charge in [-0.05, 0) is 83.6 Å². The predicted octanol–water partition coefficient (Wildman–Crippen LogP) is 6.28. The van der Waals surface area contributed by atoms with Crippen molar-refractivity contribution in [1.82, 2.24) is 0 Å². The molecule has 0 bridgehead atoms. The van der Waals surface area contributed by atoms with Crippen LogP contribution in [0.1, 0.15) is 18.1 Å². The highest BCUT2D eigenvalue weighted by Gasteiger charge is 2.15. The number of nitrogens with zero attached hydrogens (tertiary/aromatic N) is 1. The molecule has 0 heterocycles. The van der Waals surface area contributed by atoms with Crippen molar-refractivity contribution in [2.75, 3.05) is 11.9 Å². The third kappa shape index (κ3) is 6.73. The van der Waals surface area contributed by atoms with Gasteiger partial charge in [0.2, 0.25) is 0 Å². The first-order valence-corrected chi connectivity index (χ1v) is 11.8. The minimum atomic E-state index is -0.551. The van der Waals surface area contributed by atoms with E-state index in [1.807, 2.05) is 43.3 Å². The Morgan fingerprint density at radius 2 is 1.91 bits per heavy atom. The van der Waals surface area contributed by atoms with Crippen molar-refractivity contribution in [2.45, 2.75) is 13.5 Å². The van der Waals surface area contributed by atoms with Gasteiger partial charge in [-0.1, -0.05) is 34.1 Å². The third-order valence-corrected chi connectivity index (χ3v) is 6.04. The Kier molecular flexibility index (Phi) is 8.74. The van der Waals surface area contributed by atoms with Crippen LogP contribution in [-0.4, -0.2) is 17.6 Å². The lowest BCUT2D eigenvalue weighted by molar-refractivity contribution is -0.112. The average molecular weight is 619 g/mol. The number of nitrogens with one attached hydrogen (secondary N) is 1. The first-order chi connectivity index (χ1) is 15.9. The largest absolute Gasteiger partial charge is 0.508 e. The molecule has 1 amide bonds. The second-order valence-electron chi connectivity index (χ2n) is 6.81. The second-order valence-corrected chi connectivity index (χ2v) is 8.83. The van der Waals surface area contributed by atoms with Crippen molar-refractivity contribution in [3.63, 3.8) is 0 Å². The molecule has 0 saturated carbocycles. The minimum absolute atomic E-state index is 0.0665. The van der Waals surface area contributed by atoms with Crippen molar-refractivity contribution >= 4 is 56.2 Å². The zero-order valence-corrected chi connectivity index (χ0v) is 21.4. The van der Waals surface area contributed by atoms with Crippen LogP contribution < -0.4 is 14.8 Å². The topological polar surface area (TPSA) is 91.6 Å². The molecule has 0 unspecified atom stereocenters. The molecule has 0 atom stereocenters. The van der Waals surface area contributed by atoms with Gasteiger partial charge in [-0.15, -0.1) is 0 Å². The number of carbonyl (C=O) groups is 1. The molecule has 0 aliphatic carbocycles. The number of nitriles is 1. The molecule has 0 saturated heterocycles. The summed E-state index contributed by atoms with van der Waals surface area (Å²) in [6.45, 7) is 2.66. The van der Waals surface area contributed by atoms with Crippen LogP contribution in [0.15, 0.2) is 70.7 Å². The minimum Gasteiger partial charge on any atom is -0.508 e. The zero-order chi connectivity index (χ0) is 23.8. The molecule has 6 nitrogen and oxygen atoms in total. The van der Waals surface area contributed by atoms with Crippen LogP contribution in [0.4, 0.5) is 5.69 Å². The van der Waals surface area contributed by atoms with Gasteiger partial charge >= 0.3 is 0 Å². The van der Waals surface area contributed by atoms with E-state index in [9.17, 15) is 15.2 Å². The van der Waals surface area contributed by atoms with Gasteiger partial charge in [0.15, 0.2) is 11.5 Å². The lowest BCUT2D eigenvalue weighted by atomic mass is 10.1. The molecule has 0 spiro atoms. The summed E-state index contributed by atoms with van der Waals surface area (Å²) in [7, 11) is 0. The molecule has 168 valence electrons. The van der Waals surface area contributed by atoms with E-state index in [-0.39, 0.29) is 11.3 Å². The smallest absolute Gasteiger partial charge is 0.266 e. The molecule has 8 heteroatoms. The van der Waals surface area contributed by atoms with E-state index in [2.05, 4.69) is 43.8 Å². The van der Waals surface area contributed by atoms with Crippen molar-refractivity contribution in [3.8, 4) is 23.3 Å². The summed E-state index contributed by atoms with van der Waals surface area (Å²) in [5.41, 5.74) is 2.04. The maximum absolute atomic E-state index is 12.6. The Bertz CT molecular complexity index is 1220. The van der Waals surface area contributed by atoms with E-state index in [0.717, 1.165) is 13.6 Å². The summed E-state index contributed by atoms with van der Waals surface area (Å²) in [5, 5.41) is 21.6. The van der Waals surface area contributed by atoms with Crippen LogP contribution in [0.25, 0.3) is 6.08 Å². The van der Waals surface area contributed by atoms with Crippen LogP contribution in [0.2, 0.25) is 0 Å². The molecule has 33 heavy (non-hydrogen) atoms. The number of ether oxygens (including phenoxy) is 2. The molecule has 2 N–H and O–H groups in total. The van der Waals surface area contributed by atoms with E-state index in [1.54, 1.807) is 18.2 Å². The molecule has 3 aromatic rings. The molecule has 3 rings (SSSR count). The number of aromatic hydroxyl groups is 1. The molecule has 3 aromatic carbocycles. The number of hydrogen-bond donors (Lipinski definition) is 2. The molecule has 0 aliphatic heterocycles. The van der Waals surface area contributed by atoms with E-state index in [4.69, 9.17) is 9.47 Å². The van der Waals surface area contributed by atoms with Gasteiger partial charge in [0.05, 0.1) is 10.2 Å². The number of hydrogen-bond acceptors (Lipinski definition) is 5. The Morgan fingerprint density at radius 3 is 2.58 bits per heavy atom. The SMILES string of the molecule is CCOc1cc(/C=C(\C#N)C(=O)Nc2ccc(O)cc2)cc(I)c1OCc1ccccc1Br. The summed E-state index contributed by atoms with van der Waals surface area (Å²) >= 11 is 5.67. The lowest BCUT2D eigenvalue weighted by Crippen LogP contribution is -2.13. The summed E-state index contributed by atoms with van der Waals surface area (Å²) in [6, 6.07) is 19.3. The van der Waals surface area contributed by atoms with Crippen molar-refractivity contribution in [3.05, 3.63) is 85.4 Å². The van der Waals surface area contributed by atoms with E-state index in [1.165, 1.54) is 18.2 Å². The van der Waals surface area contributed by atoms with E-state index < -0.39 is 5.91 Å². The normalized spacial score (nSPS) is 10.9. The summed E-state index contributed by atoms with van der Waals surface area (Å²) in [5.74, 6) is 0.658. The van der Waals surface area contributed by atoms with E-state index >= 15 is 0 Å². The number of carbonyl (C=O) groups excluding carboxylic acids is 1. The lowest BCUT2D eigenvalue weighted by Gasteiger charge is -2.15. The second kappa shape index (κ2) is 11.7. The Morgan fingerprint density at radius 1 is 1.18 bits per heavy atom. The van der Waals surface area contributed by atoms with Gasteiger partial charge in [0, 0.05) is 15.7 Å². The Hall–Kier alpha value is -3.03. The fourth-order valence-electron chi connectivity index (χ4n) is 2.90. The van der Waals surface area contributed by atoms with Gasteiger partial charge < -0.3 is 19.9 Å². The molecule has 0 aromatic heterocycles. The molecule has 0 fully saturated rings. The highest BCUT2D eigenvalue weighted by molar-refractivity contribution is 14.1. The van der Waals surface area contributed by atoms with Crippen molar-refractivity contribution in [2.24, 2.45) is 0 Å². The summed E-state index contributed by atoms with van der Waals surface area (Å²) in [4.78, 5) is 12.6. The highest BCUT2D eigenvalue weighted by atomic mass is 127. The number of amides is 1. The Labute approximate surface area is 214 Å². The number of halogens is 2. The number of phenolic OH excluding ortho intramolecular Hbond substituents is 1. The number of benzene rings is 3. The molecular formula is C25H20BrIN2O4. The van der Waals surface area contributed by atoms with Gasteiger partial charge in [0.1, 0.15) is 24.0 Å². The molecule has 0 radical (unpaired) electrons. The van der Waals surface area contributed by atoms with Crippen LogP contribution >= 0.6 is 38.5 Å². The molecular weight excluding hydrogens is 599 g/mol. The maximum atomic E-state index is 12.6. The van der Waals surface area contributed by atoms with Crippen molar-refractivity contribution < 1.29 is 19.4 Å². The first kappa shape index (κ1) is 24.6. The van der Waals surface area contributed by atoms with Crippen LogP contribution in [-0.2, 0) is 11.4 Å². The molecule has 0 aliphatic rings. The summed E-state index contributed by atoms with van der Waals surface area (Å²) in [6.07, 6.45) is 1.50. The predicted molar refractivity (Wildman–Crippen MR) is 139 cm³/mol. The van der Waals surface area contributed by atoms with Gasteiger partial charge in [-0.2, -0.15) is 5.26 Å². The fraction of sp³-hybridized carbons (Fsp3) is 0.120. The average Bonchev–Trinajstić information content (AvgIpc) is 2.79. The monoisotopic (exact) mass is 618 g/mol. The van der Waals surface area contributed by atoms with Gasteiger partial charge in [-0.25, -0.2) is 0 Å². The van der Waals surface area contributed by atoms with Crippen molar-refractivity contribution in [1.29, 1.82) is 5.26 Å². The van der Waals surface area contributed by atoms with E-state index in [0.29, 0.717) is 36.0 Å². The van der Waals surface area contributed by atoms with Crippen LogP contribution in [0, 0.1) is 14.9 Å².